The fourth-order valence-corrected chi connectivity index (χ4v) is 1.53. The molecule has 0 unspecified atom stereocenters. The minimum Gasteiger partial charge on any atom is -0.486 e. The van der Waals surface area contributed by atoms with E-state index in [1.165, 1.54) is 6.07 Å². The fraction of sp³-hybridized carbons (Fsp3) is 0.364. The standard InChI is InChI=1S/C11H12BrF2NO2/c1-2-15-11(16)7-3-4-8(12)9(5-7)17-6-10(13)14/h3-5,10H,2,6H2,1H3,(H,15,16). The van der Waals surface area contributed by atoms with Gasteiger partial charge in [0.2, 0.25) is 0 Å². The minimum absolute atomic E-state index is 0.231. The lowest BCUT2D eigenvalue weighted by molar-refractivity contribution is 0.0814. The van der Waals surface area contributed by atoms with Crippen LogP contribution in [0, 0.1) is 0 Å². The van der Waals surface area contributed by atoms with Crippen LogP contribution in [0.2, 0.25) is 0 Å². The number of carbonyl (C=O) groups is 1. The van der Waals surface area contributed by atoms with E-state index in [-0.39, 0.29) is 11.7 Å². The van der Waals surface area contributed by atoms with Crippen LogP contribution in [0.4, 0.5) is 8.78 Å². The monoisotopic (exact) mass is 307 g/mol. The van der Waals surface area contributed by atoms with Gasteiger partial charge in [0, 0.05) is 12.1 Å². The summed E-state index contributed by atoms with van der Waals surface area (Å²) in [7, 11) is 0. The van der Waals surface area contributed by atoms with E-state index >= 15 is 0 Å². The summed E-state index contributed by atoms with van der Waals surface area (Å²) in [5, 5.41) is 2.62. The van der Waals surface area contributed by atoms with Crippen LogP contribution in [-0.4, -0.2) is 25.5 Å². The third kappa shape index (κ3) is 4.30. The van der Waals surface area contributed by atoms with Crippen molar-refractivity contribution < 1.29 is 18.3 Å². The molecule has 0 fully saturated rings. The number of nitrogens with one attached hydrogen (secondary N) is 1. The third-order valence-electron chi connectivity index (χ3n) is 1.90. The third-order valence-corrected chi connectivity index (χ3v) is 2.55. The highest BCUT2D eigenvalue weighted by Crippen LogP contribution is 2.26. The number of ether oxygens (including phenoxy) is 1. The first kappa shape index (κ1) is 13.9. The Morgan fingerprint density at radius 3 is 2.82 bits per heavy atom. The summed E-state index contributed by atoms with van der Waals surface area (Å²) in [6.45, 7) is 1.60. The van der Waals surface area contributed by atoms with E-state index in [1.807, 2.05) is 0 Å². The number of hydrogen-bond donors (Lipinski definition) is 1. The first-order valence-corrected chi connectivity index (χ1v) is 5.82. The SMILES string of the molecule is CCNC(=O)c1ccc(Br)c(OCC(F)F)c1. The van der Waals surface area contributed by atoms with Crippen molar-refractivity contribution in [2.24, 2.45) is 0 Å². The Labute approximate surface area is 106 Å². The number of carbonyl (C=O) groups excluding carboxylic acids is 1. The van der Waals surface area contributed by atoms with Gasteiger partial charge in [-0.05, 0) is 41.1 Å². The largest absolute Gasteiger partial charge is 0.486 e. The molecule has 0 aliphatic carbocycles. The zero-order valence-corrected chi connectivity index (χ0v) is 10.8. The zero-order chi connectivity index (χ0) is 12.8. The molecule has 0 atom stereocenters. The van der Waals surface area contributed by atoms with Crippen molar-refractivity contribution >= 4 is 21.8 Å². The van der Waals surface area contributed by atoms with Crippen LogP contribution in [-0.2, 0) is 0 Å². The smallest absolute Gasteiger partial charge is 0.272 e. The second kappa shape index (κ2) is 6.54. The first-order valence-electron chi connectivity index (χ1n) is 5.03. The molecule has 94 valence electrons. The van der Waals surface area contributed by atoms with Crippen molar-refractivity contribution in [1.82, 2.24) is 5.32 Å². The average Bonchev–Trinajstić information content (AvgIpc) is 2.28. The van der Waals surface area contributed by atoms with E-state index in [0.717, 1.165) is 0 Å². The van der Waals surface area contributed by atoms with Gasteiger partial charge in [0.1, 0.15) is 12.4 Å². The molecular weight excluding hydrogens is 296 g/mol. The molecule has 1 amide bonds. The molecule has 0 aromatic heterocycles. The quantitative estimate of drug-likeness (QED) is 0.908. The van der Waals surface area contributed by atoms with Crippen LogP contribution in [0.3, 0.4) is 0 Å². The molecule has 0 aliphatic heterocycles. The molecule has 17 heavy (non-hydrogen) atoms. The second-order valence-corrected chi connectivity index (χ2v) is 4.06. The van der Waals surface area contributed by atoms with Crippen molar-refractivity contribution in [2.45, 2.75) is 13.3 Å². The Kier molecular flexibility index (Phi) is 5.34. The van der Waals surface area contributed by atoms with Crippen LogP contribution >= 0.6 is 15.9 Å². The highest BCUT2D eigenvalue weighted by Gasteiger charge is 2.10. The van der Waals surface area contributed by atoms with Crippen molar-refractivity contribution in [1.29, 1.82) is 0 Å². The molecule has 1 rings (SSSR count). The summed E-state index contributed by atoms with van der Waals surface area (Å²) >= 11 is 3.17. The van der Waals surface area contributed by atoms with Crippen molar-refractivity contribution in [2.75, 3.05) is 13.2 Å². The lowest BCUT2D eigenvalue weighted by atomic mass is 10.2. The molecule has 0 spiro atoms. The highest BCUT2D eigenvalue weighted by molar-refractivity contribution is 9.10. The Balaban J connectivity index is 2.82. The number of amides is 1. The van der Waals surface area contributed by atoms with Gasteiger partial charge >= 0.3 is 0 Å². The van der Waals surface area contributed by atoms with Gasteiger partial charge < -0.3 is 10.1 Å². The van der Waals surface area contributed by atoms with Crippen molar-refractivity contribution in [3.8, 4) is 5.75 Å². The van der Waals surface area contributed by atoms with E-state index in [4.69, 9.17) is 4.74 Å². The van der Waals surface area contributed by atoms with Crippen LogP contribution in [0.25, 0.3) is 0 Å². The van der Waals surface area contributed by atoms with Crippen LogP contribution < -0.4 is 10.1 Å². The maximum Gasteiger partial charge on any atom is 0.272 e. The fourth-order valence-electron chi connectivity index (χ4n) is 1.17. The highest BCUT2D eigenvalue weighted by atomic mass is 79.9. The van der Waals surface area contributed by atoms with E-state index in [2.05, 4.69) is 21.2 Å². The number of alkyl halides is 2. The van der Waals surface area contributed by atoms with Crippen LogP contribution in [0.1, 0.15) is 17.3 Å². The number of hydrogen-bond acceptors (Lipinski definition) is 2. The minimum atomic E-state index is -2.55. The summed E-state index contributed by atoms with van der Waals surface area (Å²) in [5.74, 6) is -0.0315. The van der Waals surface area contributed by atoms with Gasteiger partial charge in [-0.25, -0.2) is 8.78 Å². The predicted molar refractivity (Wildman–Crippen MR) is 63.6 cm³/mol. The maximum absolute atomic E-state index is 12.0. The van der Waals surface area contributed by atoms with Crippen LogP contribution in [0.5, 0.6) is 5.75 Å². The molecule has 6 heteroatoms. The Morgan fingerprint density at radius 2 is 2.24 bits per heavy atom. The molecule has 0 radical (unpaired) electrons. The molecule has 1 N–H and O–H groups in total. The van der Waals surface area contributed by atoms with E-state index in [9.17, 15) is 13.6 Å². The van der Waals surface area contributed by atoms with Crippen molar-refractivity contribution in [3.05, 3.63) is 28.2 Å². The molecule has 0 saturated heterocycles. The molecule has 0 saturated carbocycles. The van der Waals surface area contributed by atoms with Gasteiger partial charge in [-0.3, -0.25) is 4.79 Å². The van der Waals surface area contributed by atoms with Gasteiger partial charge in [-0.1, -0.05) is 0 Å². The predicted octanol–water partition coefficient (Wildman–Crippen LogP) is 2.84. The summed E-state index contributed by atoms with van der Waals surface area (Å²) in [6, 6.07) is 4.60. The molecule has 0 aliphatic rings. The van der Waals surface area contributed by atoms with E-state index in [1.54, 1.807) is 19.1 Å². The van der Waals surface area contributed by atoms with E-state index in [0.29, 0.717) is 16.6 Å². The number of rotatable bonds is 5. The topological polar surface area (TPSA) is 38.3 Å². The summed E-state index contributed by atoms with van der Waals surface area (Å²) in [4.78, 5) is 11.5. The molecule has 1 aromatic rings. The Bertz CT molecular complexity index is 399. The van der Waals surface area contributed by atoms with Gasteiger partial charge in [-0.15, -0.1) is 0 Å². The Morgan fingerprint density at radius 1 is 1.53 bits per heavy atom. The number of halogens is 3. The molecule has 0 bridgehead atoms. The maximum atomic E-state index is 12.0. The molecule has 1 aromatic carbocycles. The lowest BCUT2D eigenvalue weighted by Gasteiger charge is -2.09. The van der Waals surface area contributed by atoms with Gasteiger partial charge in [-0.2, -0.15) is 0 Å². The normalized spacial score (nSPS) is 10.4. The average molecular weight is 308 g/mol. The number of benzene rings is 1. The zero-order valence-electron chi connectivity index (χ0n) is 9.17. The van der Waals surface area contributed by atoms with Gasteiger partial charge in [0.05, 0.1) is 4.47 Å². The van der Waals surface area contributed by atoms with Gasteiger partial charge in [0.25, 0.3) is 12.3 Å². The second-order valence-electron chi connectivity index (χ2n) is 3.21. The molecule has 0 heterocycles. The lowest BCUT2D eigenvalue weighted by Crippen LogP contribution is -2.22. The summed E-state index contributed by atoms with van der Waals surface area (Å²) < 4.78 is 29.4. The summed E-state index contributed by atoms with van der Waals surface area (Å²) in [6.07, 6.45) is -2.55. The molecular formula is C11H12BrF2NO2. The van der Waals surface area contributed by atoms with Crippen molar-refractivity contribution in [3.63, 3.8) is 0 Å². The van der Waals surface area contributed by atoms with E-state index < -0.39 is 13.0 Å². The molecule has 3 nitrogen and oxygen atoms in total. The van der Waals surface area contributed by atoms with Gasteiger partial charge in [0.15, 0.2) is 0 Å². The Hall–Kier alpha value is -1.17. The summed E-state index contributed by atoms with van der Waals surface area (Å²) in [5.41, 5.74) is 0.374. The van der Waals surface area contributed by atoms with Crippen LogP contribution in [0.15, 0.2) is 22.7 Å². The first-order chi connectivity index (χ1) is 8.04.